The minimum Gasteiger partial charge on any atom is -0.494 e. The number of aryl methyl sites for hydroxylation is 2. The fourth-order valence-corrected chi connectivity index (χ4v) is 5.58. The second-order valence-corrected chi connectivity index (χ2v) is 12.4. The van der Waals surface area contributed by atoms with E-state index in [1.54, 1.807) is 43.3 Å². The van der Waals surface area contributed by atoms with E-state index in [1.165, 1.54) is 17.0 Å². The predicted octanol–water partition coefficient (Wildman–Crippen LogP) is 5.09. The third-order valence-electron chi connectivity index (χ3n) is 6.65. The average Bonchev–Trinajstić information content (AvgIpc) is 2.94. The van der Waals surface area contributed by atoms with Crippen LogP contribution >= 0.6 is 0 Å². The van der Waals surface area contributed by atoms with Crippen LogP contribution in [0.2, 0.25) is 0 Å². The van der Waals surface area contributed by atoms with Crippen LogP contribution in [0, 0.1) is 19.8 Å². The Bertz CT molecular complexity index is 1400. The molecule has 2 amide bonds. The zero-order chi connectivity index (χ0) is 30.2. The van der Waals surface area contributed by atoms with Gasteiger partial charge in [0.25, 0.3) is 10.0 Å². The maximum Gasteiger partial charge on any atom is 0.264 e. The Hall–Kier alpha value is -3.85. The van der Waals surface area contributed by atoms with Gasteiger partial charge < -0.3 is 15.0 Å². The number of hydrogen-bond acceptors (Lipinski definition) is 5. The lowest BCUT2D eigenvalue weighted by Crippen LogP contribution is -2.51. The van der Waals surface area contributed by atoms with Gasteiger partial charge in [0.05, 0.1) is 17.2 Å². The highest BCUT2D eigenvalue weighted by Crippen LogP contribution is 2.27. The van der Waals surface area contributed by atoms with Crippen molar-refractivity contribution < 1.29 is 22.7 Å². The van der Waals surface area contributed by atoms with Crippen LogP contribution in [-0.4, -0.2) is 50.9 Å². The lowest BCUT2D eigenvalue weighted by Gasteiger charge is -2.32. The van der Waals surface area contributed by atoms with Crippen LogP contribution < -0.4 is 14.4 Å². The number of nitrogens with one attached hydrogen (secondary N) is 1. The Balaban J connectivity index is 2.01. The zero-order valence-corrected chi connectivity index (χ0v) is 25.6. The van der Waals surface area contributed by atoms with Crippen LogP contribution in [0.4, 0.5) is 5.69 Å². The van der Waals surface area contributed by atoms with Crippen molar-refractivity contribution in [2.45, 2.75) is 59.0 Å². The molecule has 0 unspecified atom stereocenters. The smallest absolute Gasteiger partial charge is 0.264 e. The van der Waals surface area contributed by atoms with E-state index >= 15 is 0 Å². The van der Waals surface area contributed by atoms with Gasteiger partial charge in [0.15, 0.2) is 0 Å². The van der Waals surface area contributed by atoms with Crippen molar-refractivity contribution >= 4 is 27.5 Å². The Kier molecular flexibility index (Phi) is 10.9. The highest BCUT2D eigenvalue weighted by Gasteiger charge is 2.32. The molecule has 8 nitrogen and oxygen atoms in total. The first-order chi connectivity index (χ1) is 19.4. The molecule has 0 bridgehead atoms. The summed E-state index contributed by atoms with van der Waals surface area (Å²) in [4.78, 5) is 28.6. The highest BCUT2D eigenvalue weighted by atomic mass is 32.2. The van der Waals surface area contributed by atoms with E-state index in [0.717, 1.165) is 21.0 Å². The van der Waals surface area contributed by atoms with E-state index in [2.05, 4.69) is 5.32 Å². The molecule has 0 aromatic heterocycles. The summed E-state index contributed by atoms with van der Waals surface area (Å²) < 4.78 is 34.5. The Morgan fingerprint density at radius 2 is 1.41 bits per heavy atom. The van der Waals surface area contributed by atoms with E-state index < -0.39 is 28.5 Å². The summed E-state index contributed by atoms with van der Waals surface area (Å²) in [6, 6.07) is 19.9. The van der Waals surface area contributed by atoms with Crippen molar-refractivity contribution in [2.24, 2.45) is 5.92 Å². The van der Waals surface area contributed by atoms with E-state index in [4.69, 9.17) is 4.74 Å². The molecule has 0 spiro atoms. The number of sulfonamides is 1. The summed E-state index contributed by atoms with van der Waals surface area (Å²) >= 11 is 0. The largest absolute Gasteiger partial charge is 0.494 e. The van der Waals surface area contributed by atoms with Crippen LogP contribution in [0.1, 0.15) is 44.4 Å². The number of amides is 2. The van der Waals surface area contributed by atoms with Crippen molar-refractivity contribution in [3.8, 4) is 5.75 Å². The summed E-state index contributed by atoms with van der Waals surface area (Å²) in [6.07, 6.45) is 0. The molecular formula is C32H41N3O5S. The summed E-state index contributed by atoms with van der Waals surface area (Å²) in [5.41, 5.74) is 3.13. The quantitative estimate of drug-likeness (QED) is 0.305. The minimum absolute atomic E-state index is 0.0672. The summed E-state index contributed by atoms with van der Waals surface area (Å²) in [5.74, 6) is 0.0319. The first kappa shape index (κ1) is 31.7. The summed E-state index contributed by atoms with van der Waals surface area (Å²) in [6.45, 7) is 12.0. The number of nitrogens with zero attached hydrogens (tertiary/aromatic N) is 2. The molecule has 0 fully saturated rings. The monoisotopic (exact) mass is 579 g/mol. The predicted molar refractivity (Wildman–Crippen MR) is 162 cm³/mol. The van der Waals surface area contributed by atoms with Gasteiger partial charge in [-0.25, -0.2) is 8.42 Å². The SMILES string of the molecule is CCOc1ccc(N(CC(=O)N(Cc2ccc(C)cc2)[C@@H](C)C(=O)NCC(C)C)S(=O)(=O)c2ccc(C)cc2)cc1. The molecule has 0 saturated heterocycles. The molecule has 1 N–H and O–H groups in total. The van der Waals surface area contributed by atoms with Crippen molar-refractivity contribution in [1.82, 2.24) is 10.2 Å². The number of benzene rings is 3. The van der Waals surface area contributed by atoms with E-state index in [0.29, 0.717) is 24.6 Å². The summed E-state index contributed by atoms with van der Waals surface area (Å²) in [5, 5.41) is 2.90. The number of carbonyl (C=O) groups excluding carboxylic acids is 2. The molecule has 1 atom stereocenters. The van der Waals surface area contributed by atoms with Gasteiger partial charge in [-0.3, -0.25) is 13.9 Å². The third kappa shape index (κ3) is 8.57. The van der Waals surface area contributed by atoms with Crippen molar-refractivity contribution in [3.63, 3.8) is 0 Å². The lowest BCUT2D eigenvalue weighted by atomic mass is 10.1. The fraction of sp³-hybridized carbons (Fsp3) is 0.375. The molecule has 0 radical (unpaired) electrons. The Morgan fingerprint density at radius 3 is 1.95 bits per heavy atom. The van der Waals surface area contributed by atoms with Gasteiger partial charge in [-0.2, -0.15) is 0 Å². The summed E-state index contributed by atoms with van der Waals surface area (Å²) in [7, 11) is -4.13. The van der Waals surface area contributed by atoms with Crippen molar-refractivity contribution in [2.75, 3.05) is 24.0 Å². The highest BCUT2D eigenvalue weighted by molar-refractivity contribution is 7.92. The van der Waals surface area contributed by atoms with Gasteiger partial charge in [0.2, 0.25) is 11.8 Å². The first-order valence-electron chi connectivity index (χ1n) is 13.9. The van der Waals surface area contributed by atoms with Crippen LogP contribution in [0.15, 0.2) is 77.7 Å². The minimum atomic E-state index is -4.13. The molecule has 3 rings (SSSR count). The molecule has 0 aliphatic heterocycles. The van der Waals surface area contributed by atoms with Gasteiger partial charge in [-0.05, 0) is 75.6 Å². The molecule has 0 aliphatic carbocycles. The number of carbonyl (C=O) groups is 2. The Labute approximate surface area is 244 Å². The normalized spacial score (nSPS) is 12.1. The van der Waals surface area contributed by atoms with Crippen LogP contribution in [0.3, 0.4) is 0 Å². The van der Waals surface area contributed by atoms with Gasteiger partial charge in [-0.15, -0.1) is 0 Å². The van der Waals surface area contributed by atoms with Gasteiger partial charge in [0.1, 0.15) is 18.3 Å². The maximum absolute atomic E-state index is 14.0. The fourth-order valence-electron chi connectivity index (χ4n) is 4.17. The number of hydrogen-bond donors (Lipinski definition) is 1. The van der Waals surface area contributed by atoms with E-state index in [9.17, 15) is 18.0 Å². The van der Waals surface area contributed by atoms with Gasteiger partial charge in [-0.1, -0.05) is 61.4 Å². The molecule has 3 aromatic carbocycles. The average molecular weight is 580 g/mol. The number of rotatable bonds is 13. The lowest BCUT2D eigenvalue weighted by molar-refractivity contribution is -0.139. The molecule has 3 aromatic rings. The van der Waals surface area contributed by atoms with Crippen LogP contribution in [-0.2, 0) is 26.2 Å². The topological polar surface area (TPSA) is 96.0 Å². The second-order valence-electron chi connectivity index (χ2n) is 10.6. The first-order valence-corrected chi connectivity index (χ1v) is 15.3. The molecule has 0 aliphatic rings. The molecule has 41 heavy (non-hydrogen) atoms. The molecule has 0 heterocycles. The number of anilines is 1. The molecule has 0 saturated carbocycles. The van der Waals surface area contributed by atoms with Gasteiger partial charge >= 0.3 is 0 Å². The van der Waals surface area contributed by atoms with Crippen LogP contribution in [0.5, 0.6) is 5.75 Å². The van der Waals surface area contributed by atoms with Crippen molar-refractivity contribution in [3.05, 3.63) is 89.5 Å². The molecule has 9 heteroatoms. The van der Waals surface area contributed by atoms with Gasteiger partial charge in [0, 0.05) is 13.1 Å². The standard InChI is InChI=1S/C32H41N3O5S/c1-7-40-29-16-14-28(15-17-29)35(41(38,39)30-18-10-25(5)11-19-30)22-31(36)34(21-27-12-8-24(4)9-13-27)26(6)32(37)33-20-23(2)3/h8-19,23,26H,7,20-22H2,1-6H3,(H,33,37)/t26-/m0/s1. The van der Waals surface area contributed by atoms with E-state index in [-0.39, 0.29) is 23.3 Å². The van der Waals surface area contributed by atoms with Crippen molar-refractivity contribution in [1.29, 1.82) is 0 Å². The van der Waals surface area contributed by atoms with E-state index in [1.807, 2.05) is 58.9 Å². The number of ether oxygens (including phenoxy) is 1. The molecular weight excluding hydrogens is 538 g/mol. The zero-order valence-electron chi connectivity index (χ0n) is 24.8. The maximum atomic E-state index is 14.0. The second kappa shape index (κ2) is 14.2. The van der Waals surface area contributed by atoms with Crippen LogP contribution in [0.25, 0.3) is 0 Å². The Morgan fingerprint density at radius 1 is 0.854 bits per heavy atom. The third-order valence-corrected chi connectivity index (χ3v) is 8.44. The molecule has 220 valence electrons.